The van der Waals surface area contributed by atoms with E-state index in [0.717, 1.165) is 0 Å². The molecule has 62 heavy (non-hydrogen) atoms. The van der Waals surface area contributed by atoms with Crippen molar-refractivity contribution in [2.45, 2.75) is 0 Å². The van der Waals surface area contributed by atoms with Gasteiger partial charge in [-0.15, -0.1) is 0 Å². The first-order chi connectivity index (χ1) is 30.9. The Morgan fingerprint density at radius 3 is 0.177 bits per heavy atom. The van der Waals surface area contributed by atoms with Gasteiger partial charge in [0.05, 0.1) is 0 Å². The summed E-state index contributed by atoms with van der Waals surface area (Å²) in [4.78, 5) is 0. The van der Waals surface area contributed by atoms with Crippen molar-refractivity contribution < 1.29 is 0 Å². The molecule has 0 rings (SSSR count). The van der Waals surface area contributed by atoms with Crippen LogP contribution in [0.4, 0.5) is 0 Å². The van der Waals surface area contributed by atoms with Crippen molar-refractivity contribution in [2.75, 3.05) is 0 Å². The molecule has 0 aromatic carbocycles. The van der Waals surface area contributed by atoms with Crippen molar-refractivity contribution in [2.24, 2.45) is 0 Å². The molecular weight excluding hydrogens is 1990 g/mol. The average molecular weight is 1990 g/mol. The van der Waals surface area contributed by atoms with Gasteiger partial charge in [-0.2, -0.15) is 0 Å². The van der Waals surface area contributed by atoms with E-state index in [1.807, 2.05) is 409 Å². The summed E-state index contributed by atoms with van der Waals surface area (Å²) in [6.45, 7) is 0. The number of rotatable bonds is 0. The third-order valence-corrected chi connectivity index (χ3v) is 133. The Balaban J connectivity index is 6.12. The summed E-state index contributed by atoms with van der Waals surface area (Å²) in [6, 6.07) is 0. The average Bonchev–Trinajstić information content (AvgIpc) is 3.28. The molecule has 0 amide bonds. The van der Waals surface area contributed by atoms with Crippen LogP contribution in [-0.2, 0) is 555 Å². The molecule has 0 fully saturated rings. The Bertz CT molecular complexity index is 4180. The lowest BCUT2D eigenvalue weighted by atomic mass is 30.7. The van der Waals surface area contributed by atoms with Crippen molar-refractivity contribution in [3.8, 4) is 0 Å². The topological polar surface area (TPSA) is 0 Å². The summed E-state index contributed by atoms with van der Waals surface area (Å²) in [5.74, 6) is 0. The Hall–Kier alpha value is 13.6. The smallest absolute Gasteiger partial charge is 0 e. The molecule has 0 aromatic rings. The molecule has 0 nitrogen and oxygen atoms in total. The van der Waals surface area contributed by atoms with Crippen LogP contribution in [0.1, 0.15) is 0 Å². The number of hydrogen-bond donors (Lipinski definition) is 0. The van der Waals surface area contributed by atoms with Crippen LogP contribution in [0, 0.1) is 0 Å². The molecule has 62 heteroatoms. The molecule has 0 atom stereocenters. The SMILES string of the molecule is S=S=S=S=S=S=S=S=S=S=S=S=S=S=S=S=S=S=S=S=S=S=S=S=S=S=S=S=S=S=S=S=S=S=S=S=S=S=S=S=S=S=S=S=S=S=S=S=S=S=S=S=S=S=S=S=S=S=S=S=S=S. The second kappa shape index (κ2) is 74.6. The maximum atomic E-state index is 4.82. The van der Waals surface area contributed by atoms with E-state index in [1.54, 1.807) is 107 Å². The van der Waals surface area contributed by atoms with Crippen molar-refractivity contribution in [3.63, 3.8) is 0 Å². The Labute approximate surface area is 538 Å². The van der Waals surface area contributed by atoms with Crippen LogP contribution in [-0.4, -0.2) is 0 Å². The van der Waals surface area contributed by atoms with Crippen molar-refractivity contribution in [1.29, 1.82) is 0 Å². The summed E-state index contributed by atoms with van der Waals surface area (Å²) in [5, 5.41) is 0. The van der Waals surface area contributed by atoms with Gasteiger partial charge in [-0.05, 0) is 0 Å². The monoisotopic (exact) mass is 1980 g/mol. The van der Waals surface area contributed by atoms with E-state index in [9.17, 15) is 0 Å². The Morgan fingerprint density at radius 2 is 0.129 bits per heavy atom. The lowest BCUT2D eigenvalue weighted by Gasteiger charge is -1.41. The fraction of sp³-hybridized carbons (Fsp3) is 0. The Morgan fingerprint density at radius 1 is 0.0806 bits per heavy atom. The van der Waals surface area contributed by atoms with E-state index >= 15 is 0 Å². The molecule has 0 N–H and O–H groups in total. The van der Waals surface area contributed by atoms with Crippen LogP contribution in [0.5, 0.6) is 0 Å². The van der Waals surface area contributed by atoms with E-state index in [0.29, 0.717) is 0 Å². The highest BCUT2D eigenvalue weighted by molar-refractivity contribution is 8.83. The van der Waals surface area contributed by atoms with E-state index in [-0.39, 0.29) is 0 Å². The predicted molar refractivity (Wildman–Crippen MR) is 457 cm³/mol. The lowest BCUT2D eigenvalue weighted by molar-refractivity contribution is 5.95. The van der Waals surface area contributed by atoms with Crippen molar-refractivity contribution in [3.05, 3.63) is 0 Å². The van der Waals surface area contributed by atoms with Crippen LogP contribution in [0.25, 0.3) is 0 Å². The first-order valence-electron chi connectivity index (χ1n) is 10.2. The van der Waals surface area contributed by atoms with Gasteiger partial charge in [0.15, 0.2) is 0 Å². The second-order valence-electron chi connectivity index (χ2n) is 4.08. The molecule has 0 unspecified atom stereocenters. The van der Waals surface area contributed by atoms with Crippen LogP contribution >= 0.6 is 0 Å². The quantitative estimate of drug-likeness (QED) is 0.332. The van der Waals surface area contributed by atoms with Crippen molar-refractivity contribution in [1.82, 2.24) is 0 Å². The first kappa shape index (κ1) is 75.6. The van der Waals surface area contributed by atoms with E-state index in [1.165, 1.54) is 17.8 Å². The fourth-order valence-electron chi connectivity index (χ4n) is 0.658. The zero-order chi connectivity index (χ0) is 44.4. The third kappa shape index (κ3) is 73.6. The molecule has 0 heterocycles. The van der Waals surface area contributed by atoms with Gasteiger partial charge in [0.1, 0.15) is 0 Å². The van der Waals surface area contributed by atoms with E-state index in [4.69, 9.17) is 22.4 Å². The van der Waals surface area contributed by atoms with Gasteiger partial charge in [0.25, 0.3) is 0 Å². The molecular formula is S62. The normalized spacial score (nSPS) is 7.81. The summed E-state index contributed by atoms with van der Waals surface area (Å²) < 4.78 is 0. The first-order valence-corrected chi connectivity index (χ1v) is 91.5. The highest BCUT2D eigenvalue weighted by Crippen LogP contribution is 1.46. The fourth-order valence-corrected chi connectivity index (χ4v) is 160. The molecule has 0 aromatic heterocycles. The van der Waals surface area contributed by atoms with E-state index < -0.39 is 0 Å². The molecule has 0 radical (unpaired) electrons. The van der Waals surface area contributed by atoms with E-state index in [2.05, 4.69) is 0 Å². The molecule has 0 aliphatic rings. The molecule has 0 saturated heterocycles. The number of hydrogen-bond acceptors (Lipinski definition) is 2. The molecule has 0 aliphatic carbocycles. The summed E-state index contributed by atoms with van der Waals surface area (Å²) in [6.07, 6.45) is 0. The van der Waals surface area contributed by atoms with Gasteiger partial charge >= 0.3 is 0 Å². The zero-order valence-corrected chi connectivity index (χ0v) is 75.9. The maximum Gasteiger partial charge on any atom is 0 e. The lowest BCUT2D eigenvalue weighted by Crippen LogP contribution is -1.41. The molecule has 372 valence electrons. The third-order valence-electron chi connectivity index (χ3n) is 1.64. The zero-order valence-electron chi connectivity index (χ0n) is 25.3. The summed E-state index contributed by atoms with van der Waals surface area (Å²) in [7, 11) is 108. The predicted octanol–water partition coefficient (Wildman–Crippen LogP) is -0.149. The molecule has 0 bridgehead atoms. The molecule has 0 saturated carbocycles. The largest absolute Gasteiger partial charge is 0 e. The van der Waals surface area contributed by atoms with Crippen LogP contribution < -0.4 is 0 Å². The van der Waals surface area contributed by atoms with Gasteiger partial charge in [0.2, 0.25) is 0 Å². The minimum Gasteiger partial charge on any atom is 0 e. The van der Waals surface area contributed by atoms with Gasteiger partial charge in [-0.3, -0.25) is 0 Å². The highest BCUT2D eigenvalue weighted by Gasteiger charge is 1.47. The van der Waals surface area contributed by atoms with Crippen LogP contribution in [0.2, 0.25) is 0 Å². The Kier molecular flexibility index (Phi) is 91.1. The van der Waals surface area contributed by atoms with Gasteiger partial charge in [-0.25, -0.2) is 0 Å². The molecule has 0 aliphatic heterocycles. The van der Waals surface area contributed by atoms with Gasteiger partial charge in [-0.1, -0.05) is 0 Å². The standard InChI is InChI=1S/S62/c1-3-5-7-9-11-13-15-17-19-21-23-25-27-29-31-33-35-37-39-41-43-45-47-49-51-53-55-57-59-61-62-60-58-56-54-52-50-48-46-44-42-40-38-36-34-32-30-28-26-24-22-20-18-16-14-12-10-8-6-4-2. The molecule has 0 spiro atoms. The van der Waals surface area contributed by atoms with Gasteiger partial charge < -0.3 is 0 Å². The minimum atomic E-state index is 1.37. The maximum absolute atomic E-state index is 4.82. The second-order valence-corrected chi connectivity index (χ2v) is 110. The summed E-state index contributed by atoms with van der Waals surface area (Å²) in [5.41, 5.74) is 0. The van der Waals surface area contributed by atoms with Crippen molar-refractivity contribution >= 4 is 555 Å². The highest BCUT2D eigenvalue weighted by atomic mass is 33.5. The van der Waals surface area contributed by atoms with Gasteiger partial charge in [0, 0.05) is 555 Å². The minimum absolute atomic E-state index is 1.37. The summed E-state index contributed by atoms with van der Waals surface area (Å²) >= 11 is 9.64. The van der Waals surface area contributed by atoms with Crippen LogP contribution in [0.3, 0.4) is 0 Å². The van der Waals surface area contributed by atoms with Crippen LogP contribution in [0.15, 0.2) is 0 Å².